The summed E-state index contributed by atoms with van der Waals surface area (Å²) >= 11 is 0. The van der Waals surface area contributed by atoms with Gasteiger partial charge in [0.15, 0.2) is 0 Å². The van der Waals surface area contributed by atoms with Gasteiger partial charge in [-0.2, -0.15) is 0 Å². The first-order valence-corrected chi connectivity index (χ1v) is 8.05. The summed E-state index contributed by atoms with van der Waals surface area (Å²) < 4.78 is 14.0. The highest BCUT2D eigenvalue weighted by Gasteiger charge is 2.22. The van der Waals surface area contributed by atoms with E-state index in [1.807, 2.05) is 25.1 Å². The largest absolute Gasteiger partial charge is 0.366 e. The molecule has 4 rings (SSSR count). The SMILES string of the molecule is Cc1nc(N2CCN(c3ccccc3F)CC2)c2ccncc2n1. The molecule has 24 heavy (non-hydrogen) atoms. The van der Waals surface area contributed by atoms with Crippen molar-refractivity contribution < 1.29 is 4.39 Å². The van der Waals surface area contributed by atoms with Crippen LogP contribution in [0.3, 0.4) is 0 Å². The number of anilines is 2. The lowest BCUT2D eigenvalue weighted by atomic mass is 10.2. The third kappa shape index (κ3) is 2.64. The van der Waals surface area contributed by atoms with Gasteiger partial charge in [-0.3, -0.25) is 4.98 Å². The molecule has 2 aromatic heterocycles. The van der Waals surface area contributed by atoms with E-state index in [4.69, 9.17) is 0 Å². The second-order valence-electron chi connectivity index (χ2n) is 5.91. The summed E-state index contributed by atoms with van der Waals surface area (Å²) in [4.78, 5) is 17.6. The fraction of sp³-hybridized carbons (Fsp3) is 0.278. The zero-order valence-corrected chi connectivity index (χ0v) is 13.5. The fourth-order valence-corrected chi connectivity index (χ4v) is 3.19. The molecule has 0 spiro atoms. The molecule has 3 aromatic rings. The predicted molar refractivity (Wildman–Crippen MR) is 92.9 cm³/mol. The summed E-state index contributed by atoms with van der Waals surface area (Å²) in [6, 6.07) is 8.89. The number of fused-ring (bicyclic) bond motifs is 1. The van der Waals surface area contributed by atoms with Crippen LogP contribution < -0.4 is 9.80 Å². The lowest BCUT2D eigenvalue weighted by Gasteiger charge is -2.37. The van der Waals surface area contributed by atoms with Crippen LogP contribution in [0.15, 0.2) is 42.7 Å². The van der Waals surface area contributed by atoms with Crippen molar-refractivity contribution in [2.24, 2.45) is 0 Å². The molecular formula is C18H18FN5. The van der Waals surface area contributed by atoms with Gasteiger partial charge in [-0.05, 0) is 25.1 Å². The highest BCUT2D eigenvalue weighted by atomic mass is 19.1. The van der Waals surface area contributed by atoms with E-state index < -0.39 is 0 Å². The second-order valence-corrected chi connectivity index (χ2v) is 5.91. The maximum absolute atomic E-state index is 14.0. The number of piperazine rings is 1. The van der Waals surface area contributed by atoms with Crippen molar-refractivity contribution in [1.82, 2.24) is 15.0 Å². The topological polar surface area (TPSA) is 45.2 Å². The Bertz CT molecular complexity index is 874. The fourth-order valence-electron chi connectivity index (χ4n) is 3.19. The molecule has 0 atom stereocenters. The molecule has 0 bridgehead atoms. The van der Waals surface area contributed by atoms with Crippen LogP contribution >= 0.6 is 0 Å². The summed E-state index contributed by atoms with van der Waals surface area (Å²) in [5, 5.41) is 1.01. The summed E-state index contributed by atoms with van der Waals surface area (Å²) in [7, 11) is 0. The lowest BCUT2D eigenvalue weighted by molar-refractivity contribution is 0.596. The standard InChI is InChI=1S/C18H18FN5/c1-13-21-16-12-20-7-6-14(16)18(22-13)24-10-8-23(9-11-24)17-5-3-2-4-15(17)19/h2-7,12H,8-11H2,1H3. The Kier molecular flexibility index (Phi) is 3.72. The van der Waals surface area contributed by atoms with E-state index >= 15 is 0 Å². The summed E-state index contributed by atoms with van der Waals surface area (Å²) in [5.74, 6) is 1.51. The Balaban J connectivity index is 1.60. The third-order valence-corrected chi connectivity index (χ3v) is 4.36. The van der Waals surface area contributed by atoms with Gasteiger partial charge in [0.25, 0.3) is 0 Å². The van der Waals surface area contributed by atoms with Crippen LogP contribution in [0.25, 0.3) is 10.9 Å². The van der Waals surface area contributed by atoms with E-state index in [0.717, 1.165) is 48.7 Å². The van der Waals surface area contributed by atoms with E-state index in [0.29, 0.717) is 5.69 Å². The van der Waals surface area contributed by atoms with Crippen molar-refractivity contribution in [3.05, 3.63) is 54.4 Å². The van der Waals surface area contributed by atoms with Gasteiger partial charge in [0.05, 0.1) is 17.4 Å². The molecule has 122 valence electrons. The normalized spacial score (nSPS) is 15.1. The number of rotatable bonds is 2. The zero-order valence-electron chi connectivity index (χ0n) is 13.5. The highest BCUT2D eigenvalue weighted by molar-refractivity contribution is 5.88. The molecule has 6 heteroatoms. The van der Waals surface area contributed by atoms with Gasteiger partial charge in [-0.25, -0.2) is 14.4 Å². The molecule has 5 nitrogen and oxygen atoms in total. The Morgan fingerprint density at radius 1 is 0.958 bits per heavy atom. The second kappa shape index (κ2) is 6.03. The smallest absolute Gasteiger partial charge is 0.146 e. The quantitative estimate of drug-likeness (QED) is 0.726. The molecular weight excluding hydrogens is 305 g/mol. The number of hydrogen-bond donors (Lipinski definition) is 0. The number of nitrogens with zero attached hydrogens (tertiary/aromatic N) is 5. The van der Waals surface area contributed by atoms with Crippen LogP contribution in [0, 0.1) is 12.7 Å². The van der Waals surface area contributed by atoms with Gasteiger partial charge in [0.2, 0.25) is 0 Å². The van der Waals surface area contributed by atoms with Gasteiger partial charge in [-0.15, -0.1) is 0 Å². The number of aryl methyl sites for hydroxylation is 1. The minimum Gasteiger partial charge on any atom is -0.366 e. The van der Waals surface area contributed by atoms with Crippen molar-refractivity contribution in [1.29, 1.82) is 0 Å². The van der Waals surface area contributed by atoms with Gasteiger partial charge in [-0.1, -0.05) is 12.1 Å². The molecule has 1 aliphatic rings. The summed E-state index contributed by atoms with van der Waals surface area (Å²) in [6.07, 6.45) is 3.53. The minimum absolute atomic E-state index is 0.166. The van der Waals surface area contributed by atoms with Crippen molar-refractivity contribution in [2.45, 2.75) is 6.92 Å². The maximum atomic E-state index is 14.0. The number of hydrogen-bond acceptors (Lipinski definition) is 5. The van der Waals surface area contributed by atoms with Gasteiger partial charge in [0.1, 0.15) is 17.5 Å². The molecule has 0 saturated carbocycles. The monoisotopic (exact) mass is 323 g/mol. The van der Waals surface area contributed by atoms with Crippen LogP contribution in [0.1, 0.15) is 5.82 Å². The molecule has 0 aliphatic carbocycles. The Labute approximate surface area is 139 Å². The van der Waals surface area contributed by atoms with Crippen LogP contribution in [0.5, 0.6) is 0 Å². The van der Waals surface area contributed by atoms with Crippen molar-refractivity contribution in [2.75, 3.05) is 36.0 Å². The first-order valence-electron chi connectivity index (χ1n) is 8.05. The van der Waals surface area contributed by atoms with Crippen molar-refractivity contribution in [3.63, 3.8) is 0 Å². The van der Waals surface area contributed by atoms with Crippen LogP contribution in [0.2, 0.25) is 0 Å². The van der Waals surface area contributed by atoms with Crippen LogP contribution in [0.4, 0.5) is 15.9 Å². The summed E-state index contributed by atoms with van der Waals surface area (Å²) in [5.41, 5.74) is 1.53. The third-order valence-electron chi connectivity index (χ3n) is 4.36. The van der Waals surface area contributed by atoms with Gasteiger partial charge < -0.3 is 9.80 Å². The number of benzene rings is 1. The van der Waals surface area contributed by atoms with E-state index in [-0.39, 0.29) is 5.82 Å². The van der Waals surface area contributed by atoms with E-state index in [1.165, 1.54) is 6.07 Å². The Morgan fingerprint density at radius 3 is 2.50 bits per heavy atom. The molecule has 0 unspecified atom stereocenters. The Morgan fingerprint density at radius 2 is 1.71 bits per heavy atom. The predicted octanol–water partition coefficient (Wildman–Crippen LogP) is 2.80. The average Bonchev–Trinajstić information content (AvgIpc) is 2.62. The number of para-hydroxylation sites is 1. The number of pyridine rings is 1. The first-order chi connectivity index (χ1) is 11.7. The molecule has 1 saturated heterocycles. The van der Waals surface area contributed by atoms with Gasteiger partial charge in [0, 0.05) is 37.8 Å². The van der Waals surface area contributed by atoms with E-state index in [2.05, 4.69) is 24.8 Å². The van der Waals surface area contributed by atoms with E-state index in [1.54, 1.807) is 18.5 Å². The van der Waals surface area contributed by atoms with Crippen LogP contribution in [-0.4, -0.2) is 41.1 Å². The van der Waals surface area contributed by atoms with Crippen LogP contribution in [-0.2, 0) is 0 Å². The highest BCUT2D eigenvalue weighted by Crippen LogP contribution is 2.26. The molecule has 1 aromatic carbocycles. The van der Waals surface area contributed by atoms with Crippen molar-refractivity contribution in [3.8, 4) is 0 Å². The first kappa shape index (κ1) is 14.8. The van der Waals surface area contributed by atoms with E-state index in [9.17, 15) is 4.39 Å². The Hall–Kier alpha value is -2.76. The minimum atomic E-state index is -0.166. The maximum Gasteiger partial charge on any atom is 0.146 e. The molecule has 0 amide bonds. The molecule has 1 aliphatic heterocycles. The zero-order chi connectivity index (χ0) is 16.5. The molecule has 3 heterocycles. The number of aromatic nitrogens is 3. The molecule has 0 radical (unpaired) electrons. The molecule has 0 N–H and O–H groups in total. The summed E-state index contributed by atoms with van der Waals surface area (Å²) in [6.45, 7) is 5.00. The average molecular weight is 323 g/mol. The number of halogens is 1. The lowest BCUT2D eigenvalue weighted by Crippen LogP contribution is -2.47. The van der Waals surface area contributed by atoms with Gasteiger partial charge >= 0.3 is 0 Å². The molecule has 1 fully saturated rings. The van der Waals surface area contributed by atoms with Crippen molar-refractivity contribution >= 4 is 22.4 Å².